The molecule has 2 aromatic carbocycles. The summed E-state index contributed by atoms with van der Waals surface area (Å²) in [5.74, 6) is -0.200. The number of esters is 1. The Labute approximate surface area is 134 Å². The van der Waals surface area contributed by atoms with Gasteiger partial charge in [0.1, 0.15) is 6.04 Å². The molecule has 1 N–H and O–H groups in total. The molecule has 0 aliphatic carbocycles. The summed E-state index contributed by atoms with van der Waals surface area (Å²) in [7, 11) is 0. The largest absolute Gasteiger partial charge is 0.434 e. The van der Waals surface area contributed by atoms with Crippen molar-refractivity contribution >= 4 is 17.3 Å². The minimum atomic E-state index is -0.409. The number of para-hydroxylation sites is 2. The van der Waals surface area contributed by atoms with Gasteiger partial charge in [-0.2, -0.15) is 0 Å². The molecule has 0 bridgehead atoms. The lowest BCUT2D eigenvalue weighted by molar-refractivity contribution is -0.159. The fraction of sp³-hybridized carbons (Fsp3) is 0.278. The van der Waals surface area contributed by atoms with Crippen LogP contribution in [0.4, 0.5) is 11.4 Å². The Hall–Kier alpha value is -2.37. The second-order valence-corrected chi connectivity index (χ2v) is 5.74. The van der Waals surface area contributed by atoms with Crippen LogP contribution in [0.25, 0.3) is 0 Å². The van der Waals surface area contributed by atoms with E-state index in [1.54, 1.807) is 0 Å². The lowest BCUT2D eigenvalue weighted by Gasteiger charge is -2.29. The van der Waals surface area contributed by atoms with E-state index in [-0.39, 0.29) is 11.9 Å². The Morgan fingerprint density at radius 1 is 0.957 bits per heavy atom. The van der Waals surface area contributed by atoms with Crippen LogP contribution in [0.5, 0.6) is 0 Å². The Morgan fingerprint density at radius 3 is 2.17 bits per heavy atom. The SMILES string of the molecule is O=C1O[C@@H]2OCC[C@@H]2[C@H]1NN(c1ccccc1)c1ccccc1. The minimum Gasteiger partial charge on any atom is -0.434 e. The quantitative estimate of drug-likeness (QED) is 0.695. The third kappa shape index (κ3) is 2.69. The zero-order valence-electron chi connectivity index (χ0n) is 12.6. The molecule has 0 unspecified atom stereocenters. The number of ether oxygens (including phenoxy) is 2. The molecule has 0 saturated carbocycles. The first kappa shape index (κ1) is 14.2. The van der Waals surface area contributed by atoms with Crippen molar-refractivity contribution in [2.75, 3.05) is 11.6 Å². The number of hydrogen-bond acceptors (Lipinski definition) is 5. The highest BCUT2D eigenvalue weighted by atomic mass is 16.7. The molecule has 5 heteroatoms. The van der Waals surface area contributed by atoms with Crippen molar-refractivity contribution in [1.82, 2.24) is 5.43 Å². The van der Waals surface area contributed by atoms with Crippen molar-refractivity contribution < 1.29 is 14.3 Å². The molecule has 0 amide bonds. The highest BCUT2D eigenvalue weighted by Gasteiger charge is 2.49. The van der Waals surface area contributed by atoms with Gasteiger partial charge in [-0.05, 0) is 30.7 Å². The number of hydrazine groups is 1. The molecule has 2 aromatic rings. The number of carbonyl (C=O) groups excluding carboxylic acids is 1. The van der Waals surface area contributed by atoms with Crippen molar-refractivity contribution in [3.63, 3.8) is 0 Å². The molecule has 0 spiro atoms. The molecule has 118 valence electrons. The van der Waals surface area contributed by atoms with Gasteiger partial charge in [-0.25, -0.2) is 5.43 Å². The van der Waals surface area contributed by atoms with E-state index in [1.165, 1.54) is 0 Å². The first-order valence-corrected chi connectivity index (χ1v) is 7.81. The molecule has 0 aromatic heterocycles. The Morgan fingerprint density at radius 2 is 1.57 bits per heavy atom. The summed E-state index contributed by atoms with van der Waals surface area (Å²) >= 11 is 0. The van der Waals surface area contributed by atoms with E-state index >= 15 is 0 Å². The summed E-state index contributed by atoms with van der Waals surface area (Å²) < 4.78 is 10.8. The van der Waals surface area contributed by atoms with Crippen LogP contribution in [-0.2, 0) is 14.3 Å². The average Bonchev–Trinajstić information content (AvgIpc) is 3.15. The maximum Gasteiger partial charge on any atom is 0.327 e. The van der Waals surface area contributed by atoms with Crippen LogP contribution in [0, 0.1) is 5.92 Å². The number of hydrogen-bond donors (Lipinski definition) is 1. The van der Waals surface area contributed by atoms with E-state index in [0.29, 0.717) is 6.61 Å². The van der Waals surface area contributed by atoms with Gasteiger partial charge >= 0.3 is 5.97 Å². The maximum atomic E-state index is 12.2. The zero-order chi connectivity index (χ0) is 15.6. The predicted octanol–water partition coefficient (Wildman–Crippen LogP) is 2.62. The van der Waals surface area contributed by atoms with Gasteiger partial charge in [0, 0.05) is 0 Å². The number of nitrogens with one attached hydrogen (secondary N) is 1. The summed E-state index contributed by atoms with van der Waals surface area (Å²) in [5, 5.41) is 1.94. The smallest absolute Gasteiger partial charge is 0.327 e. The molecule has 2 aliphatic heterocycles. The van der Waals surface area contributed by atoms with E-state index in [0.717, 1.165) is 17.8 Å². The van der Waals surface area contributed by atoms with Crippen LogP contribution < -0.4 is 10.4 Å². The normalized spacial score (nSPS) is 25.9. The van der Waals surface area contributed by atoms with E-state index in [2.05, 4.69) is 5.43 Å². The molecule has 4 rings (SSSR count). The van der Waals surface area contributed by atoms with Crippen LogP contribution >= 0.6 is 0 Å². The number of benzene rings is 2. The van der Waals surface area contributed by atoms with Crippen molar-refractivity contribution in [2.24, 2.45) is 5.92 Å². The lowest BCUT2D eigenvalue weighted by Crippen LogP contribution is -2.47. The standard InChI is InChI=1S/C18H18N2O3/c21-17-16(15-11-12-22-18(15)23-17)19-20(13-7-3-1-4-8-13)14-9-5-2-6-10-14/h1-10,15-16,18-19H,11-12H2/t15-,16-,18+/m1/s1. The number of carbonyl (C=O) groups is 1. The summed E-state index contributed by atoms with van der Waals surface area (Å²) in [6.07, 6.45) is 0.416. The lowest BCUT2D eigenvalue weighted by atomic mass is 10.0. The summed E-state index contributed by atoms with van der Waals surface area (Å²) in [6, 6.07) is 19.4. The molecule has 5 nitrogen and oxygen atoms in total. The first-order chi connectivity index (χ1) is 11.3. The van der Waals surface area contributed by atoms with E-state index in [1.807, 2.05) is 65.7 Å². The maximum absolute atomic E-state index is 12.2. The fourth-order valence-corrected chi connectivity index (χ4v) is 3.13. The van der Waals surface area contributed by atoms with Gasteiger partial charge in [0.2, 0.25) is 6.29 Å². The van der Waals surface area contributed by atoms with Gasteiger partial charge in [0.05, 0.1) is 23.9 Å². The third-order valence-corrected chi connectivity index (χ3v) is 4.29. The number of fused-ring (bicyclic) bond motifs is 1. The monoisotopic (exact) mass is 310 g/mol. The molecule has 2 aliphatic rings. The topological polar surface area (TPSA) is 50.8 Å². The molecule has 3 atom stereocenters. The summed E-state index contributed by atoms with van der Waals surface area (Å²) in [4.78, 5) is 12.2. The summed E-state index contributed by atoms with van der Waals surface area (Å²) in [5.41, 5.74) is 5.28. The average molecular weight is 310 g/mol. The Balaban J connectivity index is 1.65. The van der Waals surface area contributed by atoms with Gasteiger partial charge in [0.25, 0.3) is 0 Å². The number of rotatable bonds is 4. The van der Waals surface area contributed by atoms with Crippen LogP contribution in [0.2, 0.25) is 0 Å². The summed E-state index contributed by atoms with van der Waals surface area (Å²) in [6.45, 7) is 0.636. The van der Waals surface area contributed by atoms with Crippen molar-refractivity contribution in [2.45, 2.75) is 18.8 Å². The Bertz CT molecular complexity index is 638. The molecule has 2 fully saturated rings. The molecule has 23 heavy (non-hydrogen) atoms. The van der Waals surface area contributed by atoms with E-state index < -0.39 is 12.3 Å². The van der Waals surface area contributed by atoms with Crippen LogP contribution in [0.15, 0.2) is 60.7 Å². The van der Waals surface area contributed by atoms with Crippen molar-refractivity contribution in [1.29, 1.82) is 0 Å². The van der Waals surface area contributed by atoms with Crippen molar-refractivity contribution in [3.8, 4) is 0 Å². The van der Waals surface area contributed by atoms with Gasteiger partial charge in [-0.1, -0.05) is 36.4 Å². The molecule has 2 saturated heterocycles. The first-order valence-electron chi connectivity index (χ1n) is 7.81. The highest BCUT2D eigenvalue weighted by Crippen LogP contribution is 2.33. The molecular weight excluding hydrogens is 292 g/mol. The van der Waals surface area contributed by atoms with Gasteiger partial charge in [0.15, 0.2) is 0 Å². The fourth-order valence-electron chi connectivity index (χ4n) is 3.13. The minimum absolute atomic E-state index is 0.0532. The van der Waals surface area contributed by atoms with Crippen LogP contribution in [-0.4, -0.2) is 24.9 Å². The van der Waals surface area contributed by atoms with E-state index in [9.17, 15) is 4.79 Å². The highest BCUT2D eigenvalue weighted by molar-refractivity contribution is 5.79. The second-order valence-electron chi connectivity index (χ2n) is 5.74. The van der Waals surface area contributed by atoms with Crippen LogP contribution in [0.1, 0.15) is 6.42 Å². The van der Waals surface area contributed by atoms with E-state index in [4.69, 9.17) is 9.47 Å². The second kappa shape index (κ2) is 6.02. The number of nitrogens with zero attached hydrogens (tertiary/aromatic N) is 1. The third-order valence-electron chi connectivity index (χ3n) is 4.29. The predicted molar refractivity (Wildman–Crippen MR) is 85.9 cm³/mol. The van der Waals surface area contributed by atoms with Gasteiger partial charge < -0.3 is 9.47 Å². The molecule has 2 heterocycles. The molecule has 0 radical (unpaired) electrons. The van der Waals surface area contributed by atoms with Gasteiger partial charge in [-0.15, -0.1) is 0 Å². The Kier molecular flexibility index (Phi) is 3.73. The zero-order valence-corrected chi connectivity index (χ0v) is 12.6. The molecular formula is C18H18N2O3. The van der Waals surface area contributed by atoms with Crippen molar-refractivity contribution in [3.05, 3.63) is 60.7 Å². The van der Waals surface area contributed by atoms with Crippen LogP contribution in [0.3, 0.4) is 0 Å². The number of anilines is 2. The van der Waals surface area contributed by atoms with Gasteiger partial charge in [-0.3, -0.25) is 9.80 Å².